The second-order valence-electron chi connectivity index (χ2n) is 8.17. The highest BCUT2D eigenvalue weighted by Crippen LogP contribution is 2.36. The number of para-hydroxylation sites is 1. The molecule has 2 aromatic carbocycles. The van der Waals surface area contributed by atoms with Crippen LogP contribution >= 0.6 is 24.0 Å². The van der Waals surface area contributed by atoms with Crippen LogP contribution in [0.5, 0.6) is 0 Å². The fraction of sp³-hybridized carbons (Fsp3) is 0.269. The van der Waals surface area contributed by atoms with E-state index in [-0.39, 0.29) is 5.91 Å². The Balaban J connectivity index is 1.83. The molecule has 0 unspecified atom stereocenters. The molecule has 0 aliphatic carbocycles. The maximum Gasteiger partial charge on any atom is 0.266 e. The number of rotatable bonds is 6. The molecule has 1 saturated heterocycles. The van der Waals surface area contributed by atoms with E-state index in [4.69, 9.17) is 17.3 Å². The van der Waals surface area contributed by atoms with Crippen LogP contribution in [-0.2, 0) is 4.79 Å². The van der Waals surface area contributed by atoms with E-state index in [2.05, 4.69) is 39.8 Å². The van der Waals surface area contributed by atoms with Crippen molar-refractivity contribution in [2.75, 3.05) is 6.54 Å². The highest BCUT2D eigenvalue weighted by molar-refractivity contribution is 8.26. The molecular formula is C26H27N3OS2. The number of carbonyl (C=O) groups is 1. The summed E-state index contributed by atoms with van der Waals surface area (Å²) in [6.45, 7) is 9.12. The van der Waals surface area contributed by atoms with Gasteiger partial charge in [0.2, 0.25) is 0 Å². The number of nitrogens with zero attached hydrogens (tertiary/aromatic N) is 3. The molecule has 1 amide bonds. The molecule has 0 atom stereocenters. The fourth-order valence-corrected chi connectivity index (χ4v) is 5.40. The van der Waals surface area contributed by atoms with E-state index in [9.17, 15) is 4.79 Å². The highest BCUT2D eigenvalue weighted by atomic mass is 32.2. The molecule has 3 aromatic rings. The van der Waals surface area contributed by atoms with Crippen LogP contribution in [0.25, 0.3) is 23.0 Å². The van der Waals surface area contributed by atoms with E-state index in [0.717, 1.165) is 35.3 Å². The van der Waals surface area contributed by atoms with Gasteiger partial charge in [-0.3, -0.25) is 9.69 Å². The van der Waals surface area contributed by atoms with Crippen molar-refractivity contribution < 1.29 is 4.79 Å². The topological polar surface area (TPSA) is 38.1 Å². The lowest BCUT2D eigenvalue weighted by molar-refractivity contribution is -0.122. The number of benzene rings is 2. The van der Waals surface area contributed by atoms with Gasteiger partial charge in [0, 0.05) is 23.9 Å². The van der Waals surface area contributed by atoms with Crippen molar-refractivity contribution in [2.45, 2.75) is 40.5 Å². The van der Waals surface area contributed by atoms with Gasteiger partial charge in [0.15, 0.2) is 0 Å². The Morgan fingerprint density at radius 1 is 1.09 bits per heavy atom. The van der Waals surface area contributed by atoms with Gasteiger partial charge in [-0.25, -0.2) is 4.68 Å². The molecule has 1 aliphatic heterocycles. The van der Waals surface area contributed by atoms with Gasteiger partial charge in [-0.05, 0) is 56.5 Å². The summed E-state index contributed by atoms with van der Waals surface area (Å²) in [7, 11) is 0. The average molecular weight is 462 g/mol. The SMILES string of the molecule is CCCCN1C(=O)C(=Cc2cn(-c3ccccc3)nc2-c2c(C)cc(C)cc2C)SC1=S. The molecule has 4 rings (SSSR count). The van der Waals surface area contributed by atoms with Gasteiger partial charge in [0.25, 0.3) is 5.91 Å². The molecule has 1 fully saturated rings. The van der Waals surface area contributed by atoms with Crippen LogP contribution in [0.15, 0.2) is 53.6 Å². The summed E-state index contributed by atoms with van der Waals surface area (Å²) < 4.78 is 2.52. The van der Waals surface area contributed by atoms with E-state index in [1.807, 2.05) is 47.3 Å². The first-order valence-corrected chi connectivity index (χ1v) is 12.1. The lowest BCUT2D eigenvalue weighted by Crippen LogP contribution is -2.28. The summed E-state index contributed by atoms with van der Waals surface area (Å²) in [5, 5.41) is 4.96. The van der Waals surface area contributed by atoms with Crippen LogP contribution in [-0.4, -0.2) is 31.5 Å². The molecule has 0 bridgehead atoms. The molecule has 164 valence electrons. The smallest absolute Gasteiger partial charge is 0.266 e. The lowest BCUT2D eigenvalue weighted by Gasteiger charge is -2.13. The molecule has 0 spiro atoms. The van der Waals surface area contributed by atoms with Crippen molar-refractivity contribution in [1.29, 1.82) is 0 Å². The van der Waals surface area contributed by atoms with Crippen molar-refractivity contribution in [1.82, 2.24) is 14.7 Å². The first-order valence-electron chi connectivity index (χ1n) is 10.9. The standard InChI is InChI=1S/C26H27N3OS2/c1-5-6-12-28-25(30)22(32-26(28)31)15-20-16-29(21-10-8-7-9-11-21)27-24(20)23-18(3)13-17(2)14-19(23)4/h7-11,13-16H,5-6,12H2,1-4H3. The summed E-state index contributed by atoms with van der Waals surface area (Å²) in [4.78, 5) is 15.4. The Morgan fingerprint density at radius 3 is 2.44 bits per heavy atom. The van der Waals surface area contributed by atoms with Gasteiger partial charge >= 0.3 is 0 Å². The van der Waals surface area contributed by atoms with Gasteiger partial charge in [-0.1, -0.05) is 73.2 Å². The number of carbonyl (C=O) groups excluding carboxylic acids is 1. The Bertz CT molecular complexity index is 1190. The van der Waals surface area contributed by atoms with Crippen LogP contribution < -0.4 is 0 Å². The first-order chi connectivity index (χ1) is 15.4. The number of aryl methyl sites for hydroxylation is 3. The van der Waals surface area contributed by atoms with Crippen LogP contribution in [0.3, 0.4) is 0 Å². The quantitative estimate of drug-likeness (QED) is 0.312. The zero-order valence-corrected chi connectivity index (χ0v) is 20.5. The molecule has 2 heterocycles. The summed E-state index contributed by atoms with van der Waals surface area (Å²) in [5.41, 5.74) is 7.45. The Labute approximate surface area is 199 Å². The van der Waals surface area contributed by atoms with Gasteiger partial charge in [0.1, 0.15) is 10.0 Å². The number of thiocarbonyl (C=S) groups is 1. The summed E-state index contributed by atoms with van der Waals surface area (Å²) >= 11 is 6.87. The van der Waals surface area contributed by atoms with Crippen LogP contribution in [0.1, 0.15) is 42.0 Å². The number of hydrogen-bond donors (Lipinski definition) is 0. The van der Waals surface area contributed by atoms with Gasteiger partial charge in [0.05, 0.1) is 10.6 Å². The molecule has 1 aromatic heterocycles. The van der Waals surface area contributed by atoms with Gasteiger partial charge in [-0.2, -0.15) is 5.10 Å². The van der Waals surface area contributed by atoms with Crippen molar-refractivity contribution in [3.63, 3.8) is 0 Å². The van der Waals surface area contributed by atoms with Crippen molar-refractivity contribution in [3.8, 4) is 16.9 Å². The third-order valence-electron chi connectivity index (χ3n) is 5.57. The number of hydrogen-bond acceptors (Lipinski definition) is 4. The molecule has 0 N–H and O–H groups in total. The number of aromatic nitrogens is 2. The predicted octanol–water partition coefficient (Wildman–Crippen LogP) is 6.47. The Kier molecular flexibility index (Phi) is 6.63. The van der Waals surface area contributed by atoms with Crippen molar-refractivity contribution in [2.24, 2.45) is 0 Å². The highest BCUT2D eigenvalue weighted by Gasteiger charge is 2.32. The van der Waals surface area contributed by atoms with Crippen LogP contribution in [0, 0.1) is 20.8 Å². The van der Waals surface area contributed by atoms with E-state index in [0.29, 0.717) is 15.8 Å². The molecule has 32 heavy (non-hydrogen) atoms. The number of unbranched alkanes of at least 4 members (excludes halogenated alkanes) is 1. The number of amides is 1. The molecule has 6 heteroatoms. The predicted molar refractivity (Wildman–Crippen MR) is 138 cm³/mol. The average Bonchev–Trinajstić information content (AvgIpc) is 3.28. The zero-order valence-electron chi connectivity index (χ0n) is 18.9. The third-order valence-corrected chi connectivity index (χ3v) is 6.95. The minimum Gasteiger partial charge on any atom is -0.293 e. The van der Waals surface area contributed by atoms with Gasteiger partial charge < -0.3 is 0 Å². The maximum absolute atomic E-state index is 13.1. The van der Waals surface area contributed by atoms with Crippen LogP contribution in [0.4, 0.5) is 0 Å². The lowest BCUT2D eigenvalue weighted by atomic mass is 9.95. The van der Waals surface area contributed by atoms with E-state index >= 15 is 0 Å². The summed E-state index contributed by atoms with van der Waals surface area (Å²) in [6, 6.07) is 14.4. The minimum absolute atomic E-state index is 0.00999. The summed E-state index contributed by atoms with van der Waals surface area (Å²) in [5.74, 6) is -0.00999. The van der Waals surface area contributed by atoms with Crippen molar-refractivity contribution in [3.05, 3.63) is 75.8 Å². The monoisotopic (exact) mass is 461 g/mol. The molecule has 0 saturated carbocycles. The second kappa shape index (κ2) is 9.43. The Hall–Kier alpha value is -2.70. The largest absolute Gasteiger partial charge is 0.293 e. The molecule has 0 radical (unpaired) electrons. The fourth-order valence-electron chi connectivity index (χ4n) is 4.10. The van der Waals surface area contributed by atoms with Crippen LogP contribution in [0.2, 0.25) is 0 Å². The zero-order chi connectivity index (χ0) is 22.8. The minimum atomic E-state index is -0.00999. The second-order valence-corrected chi connectivity index (χ2v) is 9.85. The normalized spacial score (nSPS) is 15.2. The van der Waals surface area contributed by atoms with E-state index < -0.39 is 0 Å². The molecule has 1 aliphatic rings. The van der Waals surface area contributed by atoms with Crippen molar-refractivity contribution >= 4 is 40.3 Å². The third kappa shape index (κ3) is 4.43. The first kappa shape index (κ1) is 22.5. The number of thioether (sulfide) groups is 1. The van der Waals surface area contributed by atoms with E-state index in [1.165, 1.54) is 28.5 Å². The molecular weight excluding hydrogens is 434 g/mol. The summed E-state index contributed by atoms with van der Waals surface area (Å²) in [6.07, 6.45) is 5.92. The maximum atomic E-state index is 13.1. The van der Waals surface area contributed by atoms with Gasteiger partial charge in [-0.15, -0.1) is 0 Å². The Morgan fingerprint density at radius 2 is 1.78 bits per heavy atom. The van der Waals surface area contributed by atoms with E-state index in [1.54, 1.807) is 4.90 Å². The molecule has 4 nitrogen and oxygen atoms in total.